The Balaban J connectivity index is 2.87. The van der Waals surface area contributed by atoms with Crippen molar-refractivity contribution in [2.75, 3.05) is 13.2 Å². The van der Waals surface area contributed by atoms with Crippen molar-refractivity contribution < 1.29 is 9.47 Å². The van der Waals surface area contributed by atoms with Gasteiger partial charge < -0.3 is 9.47 Å². The third kappa shape index (κ3) is 4.01. The highest BCUT2D eigenvalue weighted by molar-refractivity contribution is 6.25. The van der Waals surface area contributed by atoms with Crippen molar-refractivity contribution in [1.82, 2.24) is 0 Å². The molecule has 0 radical (unpaired) electrons. The summed E-state index contributed by atoms with van der Waals surface area (Å²) in [5.41, 5.74) is 2.94. The molecule has 1 aromatic rings. The molecule has 1 aromatic carbocycles. The van der Waals surface area contributed by atoms with Crippen molar-refractivity contribution in [2.45, 2.75) is 13.8 Å². The Morgan fingerprint density at radius 3 is 2.76 bits per heavy atom. The molecule has 0 saturated heterocycles. The maximum absolute atomic E-state index is 8.80. The first-order valence-corrected chi connectivity index (χ1v) is 5.70. The molecule has 0 unspecified atom stereocenters. The summed E-state index contributed by atoms with van der Waals surface area (Å²) in [5, 5.41) is 8.80. The van der Waals surface area contributed by atoms with Crippen LogP contribution in [0.4, 0.5) is 0 Å². The summed E-state index contributed by atoms with van der Waals surface area (Å²) in [7, 11) is 0. The minimum Gasteiger partial charge on any atom is -0.490 e. The lowest BCUT2D eigenvalue weighted by Gasteiger charge is -2.11. The number of halogens is 1. The molecule has 0 aliphatic carbocycles. The second-order valence-electron chi connectivity index (χ2n) is 3.45. The molecule has 0 atom stereocenters. The van der Waals surface area contributed by atoms with Crippen LogP contribution in [0.15, 0.2) is 29.3 Å². The first kappa shape index (κ1) is 13.4. The van der Waals surface area contributed by atoms with Crippen molar-refractivity contribution in [3.63, 3.8) is 0 Å². The topological polar surface area (TPSA) is 42.2 Å². The first-order chi connectivity index (χ1) is 8.21. The zero-order valence-electron chi connectivity index (χ0n) is 9.87. The Kier molecular flexibility index (Phi) is 5.38. The molecule has 0 aromatic heterocycles. The van der Waals surface area contributed by atoms with Crippen LogP contribution in [0.25, 0.3) is 0 Å². The Hall–Kier alpha value is -1.66. The molecule has 17 heavy (non-hydrogen) atoms. The maximum Gasteiger partial charge on any atom is 0.162 e. The lowest BCUT2D eigenvalue weighted by atomic mass is 10.2. The van der Waals surface area contributed by atoms with Crippen LogP contribution in [0.5, 0.6) is 11.5 Å². The van der Waals surface area contributed by atoms with E-state index in [0.29, 0.717) is 30.3 Å². The highest BCUT2D eigenvalue weighted by Crippen LogP contribution is 2.28. The molecule has 90 valence electrons. The van der Waals surface area contributed by atoms with E-state index in [-0.39, 0.29) is 0 Å². The number of hydrogen-bond donors (Lipinski definition) is 0. The van der Waals surface area contributed by atoms with Crippen LogP contribution in [0.1, 0.15) is 19.4 Å². The molecule has 0 bridgehead atoms. The minimum absolute atomic E-state index is 0.398. The number of ether oxygens (including phenoxy) is 2. The molecule has 0 aliphatic rings. The summed E-state index contributed by atoms with van der Waals surface area (Å²) in [6.07, 6.45) is 0. The number of rotatable bonds is 5. The van der Waals surface area contributed by atoms with Gasteiger partial charge in [-0.1, -0.05) is 11.6 Å². The second-order valence-corrected chi connectivity index (χ2v) is 3.67. The van der Waals surface area contributed by atoms with E-state index in [1.165, 1.54) is 5.54 Å². The predicted molar refractivity (Wildman–Crippen MR) is 67.4 cm³/mol. The van der Waals surface area contributed by atoms with Crippen LogP contribution >= 0.6 is 11.6 Å². The molecule has 3 nitrogen and oxygen atoms in total. The number of nitriles is 1. The summed E-state index contributed by atoms with van der Waals surface area (Å²) < 4.78 is 11.0. The highest BCUT2D eigenvalue weighted by atomic mass is 35.5. The zero-order valence-corrected chi connectivity index (χ0v) is 10.6. The molecule has 0 amide bonds. The van der Waals surface area contributed by atoms with Gasteiger partial charge in [0.2, 0.25) is 0 Å². The van der Waals surface area contributed by atoms with Gasteiger partial charge in [-0.25, -0.2) is 0 Å². The summed E-state index contributed by atoms with van der Waals surface area (Å²) in [6, 6.07) is 7.15. The van der Waals surface area contributed by atoms with Crippen LogP contribution in [-0.4, -0.2) is 13.2 Å². The van der Waals surface area contributed by atoms with Crippen molar-refractivity contribution in [3.05, 3.63) is 34.9 Å². The molecule has 1 rings (SSSR count). The van der Waals surface area contributed by atoms with E-state index >= 15 is 0 Å². The van der Waals surface area contributed by atoms with E-state index in [0.717, 1.165) is 5.57 Å². The van der Waals surface area contributed by atoms with E-state index in [1.54, 1.807) is 18.2 Å². The smallest absolute Gasteiger partial charge is 0.162 e. The Bertz CT molecular complexity index is 449. The van der Waals surface area contributed by atoms with E-state index in [1.807, 2.05) is 13.8 Å². The lowest BCUT2D eigenvalue weighted by molar-refractivity contribution is 0.293. The van der Waals surface area contributed by atoms with Crippen molar-refractivity contribution in [2.24, 2.45) is 0 Å². The van der Waals surface area contributed by atoms with Gasteiger partial charge in [0, 0.05) is 11.6 Å². The highest BCUT2D eigenvalue weighted by Gasteiger charge is 2.06. The monoisotopic (exact) mass is 251 g/mol. The van der Waals surface area contributed by atoms with Crippen LogP contribution in [0, 0.1) is 11.3 Å². The quantitative estimate of drug-likeness (QED) is 0.805. The standard InChI is InChI=1S/C13H14ClNO2/c1-3-16-13-6-11(8-15)4-5-12(13)17-9-10(2)7-14/h4-7H,3,9H2,1-2H3/b10-7+. The van der Waals surface area contributed by atoms with E-state index in [9.17, 15) is 0 Å². The van der Waals surface area contributed by atoms with Gasteiger partial charge >= 0.3 is 0 Å². The number of hydrogen-bond acceptors (Lipinski definition) is 3. The van der Waals surface area contributed by atoms with Gasteiger partial charge in [-0.05, 0) is 31.6 Å². The number of benzene rings is 1. The largest absolute Gasteiger partial charge is 0.490 e. The van der Waals surface area contributed by atoms with Gasteiger partial charge in [-0.2, -0.15) is 5.26 Å². The van der Waals surface area contributed by atoms with Gasteiger partial charge in [-0.3, -0.25) is 0 Å². The molecule has 0 spiro atoms. The normalized spacial score (nSPS) is 10.8. The van der Waals surface area contributed by atoms with E-state index in [4.69, 9.17) is 26.3 Å². The van der Waals surface area contributed by atoms with E-state index < -0.39 is 0 Å². The molecular weight excluding hydrogens is 238 g/mol. The summed E-state index contributed by atoms with van der Waals surface area (Å²) >= 11 is 5.55. The molecule has 0 saturated carbocycles. The molecule has 0 fully saturated rings. The first-order valence-electron chi connectivity index (χ1n) is 5.26. The Morgan fingerprint density at radius 1 is 1.41 bits per heavy atom. The summed E-state index contributed by atoms with van der Waals surface area (Å²) in [6.45, 7) is 4.68. The molecule has 4 heteroatoms. The summed E-state index contributed by atoms with van der Waals surface area (Å²) in [4.78, 5) is 0. The average Bonchev–Trinajstić information content (AvgIpc) is 2.37. The molecule has 0 N–H and O–H groups in total. The van der Waals surface area contributed by atoms with Crippen molar-refractivity contribution in [3.8, 4) is 17.6 Å². The number of nitrogens with zero attached hydrogens (tertiary/aromatic N) is 1. The third-order valence-electron chi connectivity index (χ3n) is 2.01. The fourth-order valence-electron chi connectivity index (χ4n) is 1.19. The van der Waals surface area contributed by atoms with Gasteiger partial charge in [0.05, 0.1) is 18.2 Å². The van der Waals surface area contributed by atoms with Crippen LogP contribution < -0.4 is 9.47 Å². The Morgan fingerprint density at radius 2 is 2.18 bits per heavy atom. The summed E-state index contributed by atoms with van der Waals surface area (Å²) in [5.74, 6) is 1.19. The van der Waals surface area contributed by atoms with Crippen LogP contribution in [0.3, 0.4) is 0 Å². The van der Waals surface area contributed by atoms with Gasteiger partial charge in [0.1, 0.15) is 6.61 Å². The van der Waals surface area contributed by atoms with Crippen LogP contribution in [-0.2, 0) is 0 Å². The van der Waals surface area contributed by atoms with Crippen molar-refractivity contribution >= 4 is 11.6 Å². The minimum atomic E-state index is 0.398. The second kappa shape index (κ2) is 6.82. The Labute approximate surface area is 106 Å². The molecule has 0 aliphatic heterocycles. The van der Waals surface area contributed by atoms with Gasteiger partial charge in [-0.15, -0.1) is 0 Å². The van der Waals surface area contributed by atoms with Gasteiger partial charge in [0.25, 0.3) is 0 Å². The predicted octanol–water partition coefficient (Wildman–Crippen LogP) is 3.48. The third-order valence-corrected chi connectivity index (χ3v) is 2.39. The SMILES string of the molecule is CCOc1cc(C#N)ccc1OC/C(C)=C/Cl. The lowest BCUT2D eigenvalue weighted by Crippen LogP contribution is -2.01. The molecule has 0 heterocycles. The maximum atomic E-state index is 8.80. The van der Waals surface area contributed by atoms with Crippen LogP contribution in [0.2, 0.25) is 0 Å². The van der Waals surface area contributed by atoms with E-state index in [2.05, 4.69) is 6.07 Å². The fourth-order valence-corrected chi connectivity index (χ4v) is 1.25. The van der Waals surface area contributed by atoms with Gasteiger partial charge in [0.15, 0.2) is 11.5 Å². The zero-order chi connectivity index (χ0) is 12.7. The van der Waals surface area contributed by atoms with Crippen molar-refractivity contribution in [1.29, 1.82) is 5.26 Å². The average molecular weight is 252 g/mol. The molecular formula is C13H14ClNO2. The fraction of sp³-hybridized carbons (Fsp3) is 0.308.